The van der Waals surface area contributed by atoms with Crippen LogP contribution >= 0.6 is 0 Å². The number of nitrogen functional groups attached to an aromatic ring is 1. The molecule has 0 aliphatic heterocycles. The van der Waals surface area contributed by atoms with Crippen LogP contribution in [-0.4, -0.2) is 24.7 Å². The van der Waals surface area contributed by atoms with Crippen molar-refractivity contribution in [1.29, 1.82) is 0 Å². The van der Waals surface area contributed by atoms with Crippen molar-refractivity contribution >= 4 is 5.82 Å². The lowest BCUT2D eigenvalue weighted by Gasteiger charge is -2.10. The van der Waals surface area contributed by atoms with Gasteiger partial charge in [0, 0.05) is 5.56 Å². The van der Waals surface area contributed by atoms with Gasteiger partial charge in [-0.3, -0.25) is 0 Å². The summed E-state index contributed by atoms with van der Waals surface area (Å²) in [6.45, 7) is 5.75. The number of hydrogen-bond donors (Lipinski definition) is 2. The van der Waals surface area contributed by atoms with Crippen LogP contribution in [0.15, 0.2) is 6.33 Å². The fraction of sp³-hybridized carbons (Fsp3) is 0.400. The number of rotatable bonds is 3. The Morgan fingerprint density at radius 3 is 2.65 bits per heavy atom. The molecule has 2 heterocycles. The van der Waals surface area contributed by atoms with Crippen molar-refractivity contribution in [3.63, 3.8) is 0 Å². The van der Waals surface area contributed by atoms with Crippen molar-refractivity contribution in [1.82, 2.24) is 24.7 Å². The molecule has 2 aromatic rings. The van der Waals surface area contributed by atoms with Crippen molar-refractivity contribution in [3.05, 3.63) is 23.5 Å². The zero-order chi connectivity index (χ0) is 12.4. The minimum Gasteiger partial charge on any atom is -0.308 e. The van der Waals surface area contributed by atoms with Crippen LogP contribution < -0.4 is 11.3 Å². The summed E-state index contributed by atoms with van der Waals surface area (Å²) in [5, 5.41) is 4.31. The number of aryl methyl sites for hydroxylation is 2. The lowest BCUT2D eigenvalue weighted by Crippen LogP contribution is -2.15. The summed E-state index contributed by atoms with van der Waals surface area (Å²) in [6.07, 6.45) is 2.22. The predicted molar refractivity (Wildman–Crippen MR) is 63.6 cm³/mol. The summed E-state index contributed by atoms with van der Waals surface area (Å²) in [4.78, 5) is 12.6. The zero-order valence-corrected chi connectivity index (χ0v) is 10.1. The fourth-order valence-electron chi connectivity index (χ4n) is 1.76. The van der Waals surface area contributed by atoms with Gasteiger partial charge in [0.15, 0.2) is 5.82 Å². The molecular formula is C10H15N7. The van der Waals surface area contributed by atoms with Crippen LogP contribution in [0.1, 0.15) is 24.1 Å². The molecule has 0 saturated heterocycles. The van der Waals surface area contributed by atoms with Crippen molar-refractivity contribution in [2.75, 3.05) is 5.43 Å². The summed E-state index contributed by atoms with van der Waals surface area (Å²) >= 11 is 0. The Balaban J connectivity index is 2.62. The molecule has 0 unspecified atom stereocenters. The minimum absolute atomic E-state index is 0.616. The van der Waals surface area contributed by atoms with Crippen LogP contribution in [0.2, 0.25) is 0 Å². The quantitative estimate of drug-likeness (QED) is 0.593. The molecule has 7 heteroatoms. The minimum atomic E-state index is 0.616. The highest BCUT2D eigenvalue weighted by Crippen LogP contribution is 2.19. The first kappa shape index (κ1) is 11.5. The Kier molecular flexibility index (Phi) is 3.01. The molecule has 0 fully saturated rings. The van der Waals surface area contributed by atoms with Gasteiger partial charge in [0.1, 0.15) is 23.8 Å². The first-order valence-electron chi connectivity index (χ1n) is 5.38. The smallest absolute Gasteiger partial charge is 0.164 e. The van der Waals surface area contributed by atoms with E-state index in [-0.39, 0.29) is 0 Å². The van der Waals surface area contributed by atoms with E-state index in [2.05, 4.69) is 25.5 Å². The second kappa shape index (κ2) is 4.46. The molecular weight excluding hydrogens is 218 g/mol. The number of hydrogen-bond acceptors (Lipinski definition) is 6. The second-order valence-corrected chi connectivity index (χ2v) is 3.64. The largest absolute Gasteiger partial charge is 0.308 e. The molecule has 2 rings (SSSR count). The van der Waals surface area contributed by atoms with E-state index in [0.29, 0.717) is 17.5 Å². The Hall–Kier alpha value is -2.02. The summed E-state index contributed by atoms with van der Waals surface area (Å²) < 4.78 is 1.71. The van der Waals surface area contributed by atoms with E-state index >= 15 is 0 Å². The molecule has 2 aromatic heterocycles. The number of aromatic nitrogens is 5. The highest BCUT2D eigenvalue weighted by molar-refractivity contribution is 5.50. The van der Waals surface area contributed by atoms with Crippen molar-refractivity contribution in [3.8, 4) is 5.82 Å². The average Bonchev–Trinajstić information content (AvgIpc) is 2.67. The standard InChI is InChI=1S/C10H15N7/c1-4-8-9(15-11)12-5-13-10(8)17-7(3)14-6(2)16-17/h5H,4,11H2,1-3H3,(H,12,13,15). The molecule has 17 heavy (non-hydrogen) atoms. The average molecular weight is 233 g/mol. The van der Waals surface area contributed by atoms with Crippen LogP contribution in [0.25, 0.3) is 5.82 Å². The van der Waals surface area contributed by atoms with E-state index < -0.39 is 0 Å². The highest BCUT2D eigenvalue weighted by Gasteiger charge is 2.14. The summed E-state index contributed by atoms with van der Waals surface area (Å²) in [7, 11) is 0. The van der Waals surface area contributed by atoms with E-state index in [1.165, 1.54) is 6.33 Å². The van der Waals surface area contributed by atoms with Gasteiger partial charge in [0.05, 0.1) is 0 Å². The van der Waals surface area contributed by atoms with Crippen molar-refractivity contribution < 1.29 is 0 Å². The van der Waals surface area contributed by atoms with Gasteiger partial charge >= 0.3 is 0 Å². The Morgan fingerprint density at radius 1 is 1.35 bits per heavy atom. The van der Waals surface area contributed by atoms with Gasteiger partial charge in [-0.05, 0) is 20.3 Å². The SMILES string of the molecule is CCc1c(NN)ncnc1-n1nc(C)nc1C. The van der Waals surface area contributed by atoms with E-state index in [1.807, 2.05) is 20.8 Å². The third kappa shape index (κ3) is 1.96. The third-order valence-corrected chi connectivity index (χ3v) is 2.49. The number of hydrazine groups is 1. The second-order valence-electron chi connectivity index (χ2n) is 3.64. The van der Waals surface area contributed by atoms with Crippen LogP contribution in [0.3, 0.4) is 0 Å². The molecule has 0 aromatic carbocycles. The van der Waals surface area contributed by atoms with Gasteiger partial charge < -0.3 is 5.43 Å². The monoisotopic (exact) mass is 233 g/mol. The van der Waals surface area contributed by atoms with Crippen LogP contribution in [0.4, 0.5) is 5.82 Å². The summed E-state index contributed by atoms with van der Waals surface area (Å²) in [5.41, 5.74) is 3.49. The van der Waals surface area contributed by atoms with Gasteiger partial charge in [0.25, 0.3) is 0 Å². The Bertz CT molecular complexity index is 531. The van der Waals surface area contributed by atoms with Gasteiger partial charge in [-0.2, -0.15) is 4.68 Å². The highest BCUT2D eigenvalue weighted by atomic mass is 15.4. The van der Waals surface area contributed by atoms with E-state index in [9.17, 15) is 0 Å². The Morgan fingerprint density at radius 2 is 2.12 bits per heavy atom. The first-order valence-corrected chi connectivity index (χ1v) is 5.38. The fourth-order valence-corrected chi connectivity index (χ4v) is 1.76. The van der Waals surface area contributed by atoms with E-state index in [1.54, 1.807) is 4.68 Å². The maximum Gasteiger partial charge on any atom is 0.164 e. The molecule has 0 atom stereocenters. The number of nitrogens with two attached hydrogens (primary N) is 1. The topological polar surface area (TPSA) is 94.5 Å². The van der Waals surface area contributed by atoms with Crippen LogP contribution in [0.5, 0.6) is 0 Å². The lowest BCUT2D eigenvalue weighted by molar-refractivity contribution is 0.782. The zero-order valence-electron chi connectivity index (χ0n) is 10.1. The lowest BCUT2D eigenvalue weighted by atomic mass is 10.2. The molecule has 0 bridgehead atoms. The number of anilines is 1. The molecule has 0 aliphatic carbocycles. The summed E-state index contributed by atoms with van der Waals surface area (Å²) in [6, 6.07) is 0. The van der Waals surface area contributed by atoms with Crippen LogP contribution in [0, 0.1) is 13.8 Å². The van der Waals surface area contributed by atoms with Gasteiger partial charge in [-0.1, -0.05) is 6.92 Å². The van der Waals surface area contributed by atoms with E-state index in [0.717, 1.165) is 17.8 Å². The van der Waals surface area contributed by atoms with Crippen LogP contribution in [-0.2, 0) is 6.42 Å². The Labute approximate surface area is 99.1 Å². The van der Waals surface area contributed by atoms with Crippen molar-refractivity contribution in [2.24, 2.45) is 5.84 Å². The molecule has 0 amide bonds. The van der Waals surface area contributed by atoms with E-state index in [4.69, 9.17) is 5.84 Å². The predicted octanol–water partition coefficient (Wildman–Crippen LogP) is 0.522. The maximum atomic E-state index is 5.43. The van der Waals surface area contributed by atoms with Gasteiger partial charge in [-0.15, -0.1) is 5.10 Å². The molecule has 3 N–H and O–H groups in total. The molecule has 7 nitrogen and oxygen atoms in total. The van der Waals surface area contributed by atoms with Gasteiger partial charge in [0.2, 0.25) is 0 Å². The molecule has 0 saturated carbocycles. The molecule has 0 aliphatic rings. The maximum absolute atomic E-state index is 5.43. The third-order valence-electron chi connectivity index (χ3n) is 2.49. The molecule has 0 radical (unpaired) electrons. The number of nitrogens with one attached hydrogen (secondary N) is 1. The normalized spacial score (nSPS) is 10.6. The van der Waals surface area contributed by atoms with Gasteiger partial charge in [-0.25, -0.2) is 20.8 Å². The molecule has 90 valence electrons. The van der Waals surface area contributed by atoms with Crippen molar-refractivity contribution in [2.45, 2.75) is 27.2 Å². The molecule has 0 spiro atoms. The number of nitrogens with zero attached hydrogens (tertiary/aromatic N) is 5. The summed E-state index contributed by atoms with van der Waals surface area (Å²) in [5.74, 6) is 8.27. The first-order chi connectivity index (χ1) is 8.17.